The summed E-state index contributed by atoms with van der Waals surface area (Å²) in [4.78, 5) is 31.7. The molecule has 2 aromatic carbocycles. The molecule has 2 aromatic rings. The van der Waals surface area contributed by atoms with Crippen LogP contribution in [0.15, 0.2) is 53.9 Å². The highest BCUT2D eigenvalue weighted by molar-refractivity contribution is 5.89. The first kappa shape index (κ1) is 23.7. The lowest BCUT2D eigenvalue weighted by Crippen LogP contribution is -2.48. The fourth-order valence-corrected chi connectivity index (χ4v) is 5.35. The molecule has 0 aromatic heterocycles. The van der Waals surface area contributed by atoms with Gasteiger partial charge in [0.2, 0.25) is 5.91 Å². The molecular formula is C27H34N4O3. The highest BCUT2D eigenvalue weighted by Gasteiger charge is 2.48. The Morgan fingerprint density at radius 3 is 2.29 bits per heavy atom. The molecule has 7 heteroatoms. The lowest BCUT2D eigenvalue weighted by molar-refractivity contribution is -0.142. The number of ether oxygens (including phenoxy) is 1. The minimum absolute atomic E-state index is 0.186. The van der Waals surface area contributed by atoms with Crippen LogP contribution >= 0.6 is 0 Å². The molecule has 1 unspecified atom stereocenters. The molecule has 180 valence electrons. The average Bonchev–Trinajstić information content (AvgIpc) is 3.34. The van der Waals surface area contributed by atoms with E-state index in [0.29, 0.717) is 25.2 Å². The molecule has 1 atom stereocenters. The first-order valence-electron chi connectivity index (χ1n) is 11.9. The fraction of sp³-hybridized carbons (Fsp3) is 0.407. The molecule has 0 radical (unpaired) electrons. The number of benzene rings is 2. The van der Waals surface area contributed by atoms with Crippen molar-refractivity contribution in [3.05, 3.63) is 76.1 Å². The standard InChI is InChI=1S/C27H34N4O3/c1-5-22-25(26(33)34-17-21-9-7-6-8-10-21)31-14-13-30(27(31)29(22)12-11-23(28)32)24-19(3)15-18(2)16-20(24)4/h6-10,15-16,27H,5,11-14,17H2,1-4H3,(H2,28,32). The van der Waals surface area contributed by atoms with E-state index in [-0.39, 0.29) is 31.2 Å². The van der Waals surface area contributed by atoms with Gasteiger partial charge >= 0.3 is 5.97 Å². The molecule has 1 saturated heterocycles. The van der Waals surface area contributed by atoms with Crippen molar-refractivity contribution in [1.29, 1.82) is 0 Å². The van der Waals surface area contributed by atoms with Gasteiger partial charge in [-0.3, -0.25) is 4.79 Å². The molecule has 0 bridgehead atoms. The molecule has 1 fully saturated rings. The third-order valence-electron chi connectivity index (χ3n) is 6.59. The highest BCUT2D eigenvalue weighted by Crippen LogP contribution is 2.41. The van der Waals surface area contributed by atoms with E-state index < -0.39 is 0 Å². The Bertz CT molecular complexity index is 1090. The number of fused-ring (bicyclic) bond motifs is 1. The number of esters is 1. The van der Waals surface area contributed by atoms with Crippen LogP contribution in [0.4, 0.5) is 5.69 Å². The monoisotopic (exact) mass is 462 g/mol. The minimum atomic E-state index is -0.352. The number of carbonyl (C=O) groups excluding carboxylic acids is 2. The van der Waals surface area contributed by atoms with Gasteiger partial charge in [0.25, 0.3) is 0 Å². The smallest absolute Gasteiger partial charge is 0.356 e. The maximum absolute atomic E-state index is 13.4. The molecule has 2 aliphatic rings. The maximum atomic E-state index is 13.4. The molecule has 0 saturated carbocycles. The van der Waals surface area contributed by atoms with Crippen LogP contribution in [0.1, 0.15) is 42.0 Å². The lowest BCUT2D eigenvalue weighted by Gasteiger charge is -2.37. The molecule has 2 aliphatic heterocycles. The van der Waals surface area contributed by atoms with Crippen LogP contribution in [-0.2, 0) is 20.9 Å². The molecule has 7 nitrogen and oxygen atoms in total. The summed E-state index contributed by atoms with van der Waals surface area (Å²) in [7, 11) is 0. The number of carbonyl (C=O) groups is 2. The van der Waals surface area contributed by atoms with E-state index in [4.69, 9.17) is 10.5 Å². The number of nitrogens with two attached hydrogens (primary N) is 1. The van der Waals surface area contributed by atoms with Crippen LogP contribution in [0.5, 0.6) is 0 Å². The molecular weight excluding hydrogens is 428 g/mol. The second-order valence-corrected chi connectivity index (χ2v) is 9.10. The molecule has 0 spiro atoms. The zero-order chi connectivity index (χ0) is 24.4. The Hall–Kier alpha value is -3.48. The van der Waals surface area contributed by atoms with Gasteiger partial charge in [-0.25, -0.2) is 4.79 Å². The summed E-state index contributed by atoms with van der Waals surface area (Å²) in [6.45, 7) is 10.5. The first-order chi connectivity index (χ1) is 16.3. The molecule has 4 rings (SSSR count). The predicted octanol–water partition coefficient (Wildman–Crippen LogP) is 3.57. The third-order valence-corrected chi connectivity index (χ3v) is 6.59. The first-order valence-corrected chi connectivity index (χ1v) is 11.9. The highest BCUT2D eigenvalue weighted by atomic mass is 16.5. The number of anilines is 1. The van der Waals surface area contributed by atoms with Crippen LogP contribution in [-0.4, -0.2) is 47.6 Å². The summed E-state index contributed by atoms with van der Waals surface area (Å²) in [6.07, 6.45) is 0.690. The number of hydrogen-bond donors (Lipinski definition) is 1. The Morgan fingerprint density at radius 2 is 1.68 bits per heavy atom. The van der Waals surface area contributed by atoms with E-state index >= 15 is 0 Å². The van der Waals surface area contributed by atoms with Gasteiger partial charge in [-0.2, -0.15) is 0 Å². The van der Waals surface area contributed by atoms with Crippen molar-refractivity contribution in [3.8, 4) is 0 Å². The normalized spacial score (nSPS) is 17.4. The van der Waals surface area contributed by atoms with Crippen molar-refractivity contribution >= 4 is 17.6 Å². The topological polar surface area (TPSA) is 79.1 Å². The fourth-order valence-electron chi connectivity index (χ4n) is 5.35. The van der Waals surface area contributed by atoms with Gasteiger partial charge < -0.3 is 25.2 Å². The lowest BCUT2D eigenvalue weighted by atomic mass is 10.0. The van der Waals surface area contributed by atoms with Crippen molar-refractivity contribution in [3.63, 3.8) is 0 Å². The second kappa shape index (κ2) is 9.79. The number of hydrogen-bond acceptors (Lipinski definition) is 6. The molecule has 34 heavy (non-hydrogen) atoms. The Balaban J connectivity index is 1.67. The Kier molecular flexibility index (Phi) is 6.82. The van der Waals surface area contributed by atoms with Crippen molar-refractivity contribution in [2.24, 2.45) is 5.73 Å². The van der Waals surface area contributed by atoms with E-state index in [1.54, 1.807) is 0 Å². The number of amides is 1. The predicted molar refractivity (Wildman–Crippen MR) is 133 cm³/mol. The van der Waals surface area contributed by atoms with Crippen molar-refractivity contribution < 1.29 is 14.3 Å². The summed E-state index contributed by atoms with van der Waals surface area (Å²) in [5, 5.41) is 0. The molecule has 2 N–H and O–H groups in total. The number of aryl methyl sites for hydroxylation is 3. The Morgan fingerprint density at radius 1 is 1.03 bits per heavy atom. The summed E-state index contributed by atoms with van der Waals surface area (Å²) < 4.78 is 5.76. The summed E-state index contributed by atoms with van der Waals surface area (Å²) >= 11 is 0. The van der Waals surface area contributed by atoms with Crippen LogP contribution in [0.3, 0.4) is 0 Å². The largest absolute Gasteiger partial charge is 0.456 e. The van der Waals surface area contributed by atoms with E-state index in [1.165, 1.54) is 22.4 Å². The van der Waals surface area contributed by atoms with E-state index in [2.05, 4.69) is 47.6 Å². The van der Waals surface area contributed by atoms with Gasteiger partial charge in [-0.1, -0.05) is 55.0 Å². The zero-order valence-electron chi connectivity index (χ0n) is 20.5. The van der Waals surface area contributed by atoms with Crippen LogP contribution in [0.25, 0.3) is 0 Å². The van der Waals surface area contributed by atoms with Gasteiger partial charge in [0.1, 0.15) is 12.3 Å². The minimum Gasteiger partial charge on any atom is -0.456 e. The van der Waals surface area contributed by atoms with Gasteiger partial charge in [0.05, 0.1) is 0 Å². The third kappa shape index (κ3) is 4.47. The quantitative estimate of drug-likeness (QED) is 0.604. The molecule has 1 amide bonds. The van der Waals surface area contributed by atoms with Crippen LogP contribution in [0, 0.1) is 20.8 Å². The average molecular weight is 463 g/mol. The number of primary amides is 1. The number of rotatable bonds is 8. The van der Waals surface area contributed by atoms with Gasteiger partial charge in [-0.15, -0.1) is 0 Å². The zero-order valence-corrected chi connectivity index (χ0v) is 20.5. The summed E-state index contributed by atoms with van der Waals surface area (Å²) in [5.74, 6) is -0.680. The van der Waals surface area contributed by atoms with Crippen LogP contribution in [0.2, 0.25) is 0 Å². The summed E-state index contributed by atoms with van der Waals surface area (Å²) in [6, 6.07) is 14.1. The molecule has 2 heterocycles. The second-order valence-electron chi connectivity index (χ2n) is 9.10. The van der Waals surface area contributed by atoms with Gasteiger partial charge in [-0.05, 0) is 43.9 Å². The van der Waals surface area contributed by atoms with E-state index in [9.17, 15) is 9.59 Å². The van der Waals surface area contributed by atoms with E-state index in [0.717, 1.165) is 17.8 Å². The SMILES string of the molecule is CCC1=C(C(=O)OCc2ccccc2)N2CCN(c3c(C)cc(C)cc3C)C2N1CCC(N)=O. The van der Waals surface area contributed by atoms with Gasteiger partial charge in [0, 0.05) is 37.4 Å². The van der Waals surface area contributed by atoms with E-state index in [1.807, 2.05) is 37.3 Å². The van der Waals surface area contributed by atoms with Gasteiger partial charge in [0.15, 0.2) is 6.29 Å². The molecule has 0 aliphatic carbocycles. The number of nitrogens with zero attached hydrogens (tertiary/aromatic N) is 3. The van der Waals surface area contributed by atoms with Crippen molar-refractivity contribution in [2.45, 2.75) is 53.4 Å². The maximum Gasteiger partial charge on any atom is 0.356 e. The van der Waals surface area contributed by atoms with Crippen molar-refractivity contribution in [1.82, 2.24) is 9.80 Å². The number of allylic oxidation sites excluding steroid dienone is 1. The Labute approximate surface area is 201 Å². The van der Waals surface area contributed by atoms with Crippen LogP contribution < -0.4 is 10.6 Å². The van der Waals surface area contributed by atoms with Crippen molar-refractivity contribution in [2.75, 3.05) is 24.5 Å². The summed E-state index contributed by atoms with van der Waals surface area (Å²) in [5.41, 5.74) is 12.8.